The Balaban J connectivity index is 2.11. The first-order valence-corrected chi connectivity index (χ1v) is 6.87. The van der Waals surface area contributed by atoms with Crippen molar-refractivity contribution in [2.75, 3.05) is 0 Å². The number of pyridine rings is 1. The largest absolute Gasteiger partial charge is 0.488 e. The van der Waals surface area contributed by atoms with Gasteiger partial charge in [-0.15, -0.1) is 0 Å². The Morgan fingerprint density at radius 2 is 1.94 bits per heavy atom. The molecule has 2 rings (SSSR count). The average Bonchev–Trinajstić information content (AvgIpc) is 2.30. The Labute approximate surface area is 128 Å². The highest BCUT2D eigenvalue weighted by atomic mass is 79.9. The van der Waals surface area contributed by atoms with Crippen molar-refractivity contribution in [3.05, 3.63) is 55.7 Å². The van der Waals surface area contributed by atoms with Crippen LogP contribution in [0.25, 0.3) is 0 Å². The molecular weight excluding hydrogens is 360 g/mol. The lowest BCUT2D eigenvalue weighted by molar-refractivity contribution is 0.304. The summed E-state index contributed by atoms with van der Waals surface area (Å²) >= 11 is 21.0. The van der Waals surface area contributed by atoms with Gasteiger partial charge in [0.1, 0.15) is 17.5 Å². The van der Waals surface area contributed by atoms with Crippen molar-refractivity contribution in [3.63, 3.8) is 0 Å². The molecule has 1 aromatic heterocycles. The maximum Gasteiger partial charge on any atom is 0.134 e. The van der Waals surface area contributed by atoms with Gasteiger partial charge in [0.15, 0.2) is 0 Å². The van der Waals surface area contributed by atoms with Gasteiger partial charge in [0.05, 0.1) is 9.50 Å². The SMILES string of the molecule is Clc1ccc(OCc2cnc(Cl)cc2Cl)c(Br)c1. The smallest absolute Gasteiger partial charge is 0.134 e. The summed E-state index contributed by atoms with van der Waals surface area (Å²) in [5, 5.41) is 1.52. The summed E-state index contributed by atoms with van der Waals surface area (Å²) < 4.78 is 6.41. The van der Waals surface area contributed by atoms with Crippen molar-refractivity contribution in [2.24, 2.45) is 0 Å². The highest BCUT2D eigenvalue weighted by Crippen LogP contribution is 2.29. The van der Waals surface area contributed by atoms with Crippen molar-refractivity contribution in [2.45, 2.75) is 6.61 Å². The maximum atomic E-state index is 6.02. The van der Waals surface area contributed by atoms with E-state index in [0.29, 0.717) is 27.6 Å². The molecule has 0 spiro atoms. The number of nitrogens with zero attached hydrogens (tertiary/aromatic N) is 1. The first-order chi connectivity index (χ1) is 8.56. The van der Waals surface area contributed by atoms with E-state index in [1.54, 1.807) is 30.5 Å². The molecule has 0 aliphatic carbocycles. The Morgan fingerprint density at radius 1 is 1.17 bits per heavy atom. The van der Waals surface area contributed by atoms with E-state index in [0.717, 1.165) is 10.0 Å². The van der Waals surface area contributed by atoms with E-state index in [1.807, 2.05) is 0 Å². The quantitative estimate of drug-likeness (QED) is 0.679. The summed E-state index contributed by atoms with van der Waals surface area (Å²) in [7, 11) is 0. The van der Waals surface area contributed by atoms with E-state index in [9.17, 15) is 0 Å². The molecule has 0 aliphatic rings. The Morgan fingerprint density at radius 3 is 2.61 bits per heavy atom. The van der Waals surface area contributed by atoms with Crippen LogP contribution in [0.3, 0.4) is 0 Å². The van der Waals surface area contributed by atoms with Crippen LogP contribution in [0.15, 0.2) is 34.9 Å². The molecule has 0 amide bonds. The third-order valence-corrected chi connectivity index (χ3v) is 3.59. The van der Waals surface area contributed by atoms with E-state index in [1.165, 1.54) is 0 Å². The molecule has 0 saturated heterocycles. The van der Waals surface area contributed by atoms with Crippen LogP contribution in [0.2, 0.25) is 15.2 Å². The van der Waals surface area contributed by atoms with Crippen LogP contribution < -0.4 is 4.74 Å². The molecular formula is C12H7BrCl3NO. The Bertz CT molecular complexity index is 526. The minimum absolute atomic E-state index is 0.309. The lowest BCUT2D eigenvalue weighted by Crippen LogP contribution is -1.97. The van der Waals surface area contributed by atoms with E-state index < -0.39 is 0 Å². The Hall–Kier alpha value is -0.480. The number of ether oxygens (including phenoxy) is 1. The minimum Gasteiger partial charge on any atom is -0.488 e. The Kier molecular flexibility index (Phi) is 4.73. The maximum absolute atomic E-state index is 6.02. The summed E-state index contributed by atoms with van der Waals surface area (Å²) in [6.45, 7) is 0.309. The molecule has 0 bridgehead atoms. The second-order valence-corrected chi connectivity index (χ2v) is 5.55. The van der Waals surface area contributed by atoms with Gasteiger partial charge in [0.25, 0.3) is 0 Å². The molecule has 0 unspecified atom stereocenters. The lowest BCUT2D eigenvalue weighted by Gasteiger charge is -2.09. The normalized spacial score (nSPS) is 10.4. The highest BCUT2D eigenvalue weighted by molar-refractivity contribution is 9.10. The average molecular weight is 367 g/mol. The zero-order chi connectivity index (χ0) is 13.1. The summed E-state index contributed by atoms with van der Waals surface area (Å²) in [4.78, 5) is 3.96. The van der Waals surface area contributed by atoms with Gasteiger partial charge < -0.3 is 4.74 Å². The van der Waals surface area contributed by atoms with Crippen LogP contribution in [0.5, 0.6) is 5.75 Å². The number of rotatable bonds is 3. The monoisotopic (exact) mass is 365 g/mol. The van der Waals surface area contributed by atoms with Crippen LogP contribution in [-0.2, 0) is 6.61 Å². The second kappa shape index (κ2) is 6.11. The zero-order valence-electron chi connectivity index (χ0n) is 8.96. The van der Waals surface area contributed by atoms with Crippen LogP contribution in [0, 0.1) is 0 Å². The predicted molar refractivity (Wildman–Crippen MR) is 77.7 cm³/mol. The van der Waals surface area contributed by atoms with Crippen molar-refractivity contribution >= 4 is 50.7 Å². The van der Waals surface area contributed by atoms with Crippen LogP contribution in [0.1, 0.15) is 5.56 Å². The standard InChI is InChI=1S/C12H7BrCl3NO/c13-9-3-8(14)1-2-11(9)18-6-7-5-17-12(16)4-10(7)15/h1-5H,6H2. The molecule has 0 radical (unpaired) electrons. The molecule has 0 fully saturated rings. The zero-order valence-corrected chi connectivity index (χ0v) is 12.8. The van der Waals surface area contributed by atoms with Crippen molar-refractivity contribution in [1.82, 2.24) is 4.98 Å². The lowest BCUT2D eigenvalue weighted by atomic mass is 10.3. The minimum atomic E-state index is 0.309. The van der Waals surface area contributed by atoms with E-state index in [-0.39, 0.29) is 0 Å². The van der Waals surface area contributed by atoms with Crippen LogP contribution >= 0.6 is 50.7 Å². The summed E-state index contributed by atoms with van der Waals surface area (Å²) in [6, 6.07) is 6.88. The third kappa shape index (κ3) is 3.51. The molecule has 0 saturated carbocycles. The van der Waals surface area contributed by atoms with Gasteiger partial charge in [-0.1, -0.05) is 34.8 Å². The number of benzene rings is 1. The third-order valence-electron chi connectivity index (χ3n) is 2.17. The number of halogens is 4. The molecule has 1 heterocycles. The first-order valence-electron chi connectivity index (χ1n) is 4.94. The topological polar surface area (TPSA) is 22.1 Å². The van der Waals surface area contributed by atoms with Crippen molar-refractivity contribution < 1.29 is 4.74 Å². The molecule has 18 heavy (non-hydrogen) atoms. The molecule has 0 aliphatic heterocycles. The molecule has 2 aromatic rings. The predicted octanol–water partition coefficient (Wildman–Crippen LogP) is 5.38. The van der Waals surface area contributed by atoms with E-state index in [4.69, 9.17) is 39.5 Å². The van der Waals surface area contributed by atoms with E-state index >= 15 is 0 Å². The fraction of sp³-hybridized carbons (Fsp3) is 0.0833. The van der Waals surface area contributed by atoms with Gasteiger partial charge in [0, 0.05) is 16.8 Å². The first kappa shape index (κ1) is 13.9. The van der Waals surface area contributed by atoms with Gasteiger partial charge in [0.2, 0.25) is 0 Å². The number of hydrogen-bond donors (Lipinski definition) is 0. The fourth-order valence-corrected chi connectivity index (χ4v) is 2.51. The van der Waals surface area contributed by atoms with Crippen molar-refractivity contribution in [1.29, 1.82) is 0 Å². The van der Waals surface area contributed by atoms with Gasteiger partial charge in [-0.25, -0.2) is 4.98 Å². The molecule has 2 nitrogen and oxygen atoms in total. The molecule has 1 aromatic carbocycles. The summed E-state index contributed by atoms with van der Waals surface area (Å²) in [5.74, 6) is 0.686. The second-order valence-electron chi connectivity index (χ2n) is 3.46. The summed E-state index contributed by atoms with van der Waals surface area (Å²) in [5.41, 5.74) is 0.767. The molecule has 0 atom stereocenters. The fourth-order valence-electron chi connectivity index (χ4n) is 1.29. The van der Waals surface area contributed by atoms with Gasteiger partial charge in [-0.05, 0) is 40.2 Å². The van der Waals surface area contributed by atoms with Crippen LogP contribution in [-0.4, -0.2) is 4.98 Å². The number of aromatic nitrogens is 1. The summed E-state index contributed by atoms with van der Waals surface area (Å²) in [6.07, 6.45) is 1.59. The van der Waals surface area contributed by atoms with Gasteiger partial charge >= 0.3 is 0 Å². The van der Waals surface area contributed by atoms with Crippen LogP contribution in [0.4, 0.5) is 0 Å². The molecule has 6 heteroatoms. The van der Waals surface area contributed by atoms with Gasteiger partial charge in [-0.2, -0.15) is 0 Å². The highest BCUT2D eigenvalue weighted by Gasteiger charge is 2.06. The van der Waals surface area contributed by atoms with Crippen molar-refractivity contribution in [3.8, 4) is 5.75 Å². The van der Waals surface area contributed by atoms with Gasteiger partial charge in [-0.3, -0.25) is 0 Å². The molecule has 94 valence electrons. The molecule has 0 N–H and O–H groups in total. The van der Waals surface area contributed by atoms with E-state index in [2.05, 4.69) is 20.9 Å². The number of hydrogen-bond acceptors (Lipinski definition) is 2.